The number of carbonyl (C=O) groups excluding carboxylic acids is 2. The predicted octanol–water partition coefficient (Wildman–Crippen LogP) is 0.870. The lowest BCUT2D eigenvalue weighted by Gasteiger charge is -2.07. The molecule has 1 rings (SSSR count). The van der Waals surface area contributed by atoms with Crippen LogP contribution in [0.4, 0.5) is 5.69 Å². The van der Waals surface area contributed by atoms with Gasteiger partial charge in [0.05, 0.1) is 6.54 Å². The topological polar surface area (TPSA) is 84.2 Å². The molecule has 1 aromatic rings. The maximum absolute atomic E-state index is 11.4. The normalized spacial score (nSPS) is 9.78. The molecule has 4 N–H and O–H groups in total. The van der Waals surface area contributed by atoms with Crippen LogP contribution in [0.1, 0.15) is 19.3 Å². The van der Waals surface area contributed by atoms with Crippen LogP contribution in [-0.4, -0.2) is 24.9 Å². The van der Waals surface area contributed by atoms with Crippen molar-refractivity contribution in [1.82, 2.24) is 5.32 Å². The summed E-state index contributed by atoms with van der Waals surface area (Å²) >= 11 is 0. The fourth-order valence-corrected chi connectivity index (χ4v) is 1.45. The van der Waals surface area contributed by atoms with E-state index in [0.29, 0.717) is 19.4 Å². The van der Waals surface area contributed by atoms with Crippen LogP contribution in [0.2, 0.25) is 0 Å². The third-order valence-corrected chi connectivity index (χ3v) is 2.40. The number of anilines is 1. The molecule has 0 saturated heterocycles. The standard InChI is InChI=1S/C13H19N3O2/c14-12(17)8-4-5-9-15-13(18)10-16-11-6-2-1-3-7-11/h1-3,6-7,16H,4-5,8-10H2,(H2,14,17)(H,15,18). The minimum atomic E-state index is -0.299. The van der Waals surface area contributed by atoms with Crippen LogP contribution in [0.5, 0.6) is 0 Å². The second kappa shape index (κ2) is 8.11. The highest BCUT2D eigenvalue weighted by molar-refractivity contribution is 5.80. The largest absolute Gasteiger partial charge is 0.376 e. The molecule has 0 unspecified atom stereocenters. The van der Waals surface area contributed by atoms with Gasteiger partial charge in [0.1, 0.15) is 0 Å². The molecule has 18 heavy (non-hydrogen) atoms. The Morgan fingerprint density at radius 2 is 1.83 bits per heavy atom. The molecule has 1 aromatic carbocycles. The number of hydrogen-bond donors (Lipinski definition) is 3. The van der Waals surface area contributed by atoms with Gasteiger partial charge in [-0.05, 0) is 25.0 Å². The SMILES string of the molecule is NC(=O)CCCCNC(=O)CNc1ccccc1. The Morgan fingerprint density at radius 1 is 1.11 bits per heavy atom. The molecule has 0 fully saturated rings. The summed E-state index contributed by atoms with van der Waals surface area (Å²) < 4.78 is 0. The fraction of sp³-hybridized carbons (Fsp3) is 0.385. The number of carbonyl (C=O) groups is 2. The van der Waals surface area contributed by atoms with Crippen molar-refractivity contribution >= 4 is 17.5 Å². The Labute approximate surface area is 107 Å². The average Bonchev–Trinajstić information content (AvgIpc) is 2.37. The predicted molar refractivity (Wildman–Crippen MR) is 71.0 cm³/mol. The van der Waals surface area contributed by atoms with E-state index < -0.39 is 0 Å². The molecule has 0 aliphatic heterocycles. The smallest absolute Gasteiger partial charge is 0.239 e. The number of hydrogen-bond acceptors (Lipinski definition) is 3. The summed E-state index contributed by atoms with van der Waals surface area (Å²) in [5.74, 6) is -0.356. The quantitative estimate of drug-likeness (QED) is 0.598. The van der Waals surface area contributed by atoms with Gasteiger partial charge >= 0.3 is 0 Å². The Balaban J connectivity index is 2.06. The molecule has 0 spiro atoms. The van der Waals surface area contributed by atoms with Crippen molar-refractivity contribution in [3.63, 3.8) is 0 Å². The number of primary amides is 1. The molecule has 0 heterocycles. The van der Waals surface area contributed by atoms with Gasteiger partial charge in [0, 0.05) is 18.7 Å². The van der Waals surface area contributed by atoms with Gasteiger partial charge in [-0.3, -0.25) is 9.59 Å². The van der Waals surface area contributed by atoms with Gasteiger partial charge in [0.2, 0.25) is 11.8 Å². The van der Waals surface area contributed by atoms with Crippen LogP contribution in [0.15, 0.2) is 30.3 Å². The molecule has 0 atom stereocenters. The summed E-state index contributed by atoms with van der Waals surface area (Å²) in [5.41, 5.74) is 5.93. The number of rotatable bonds is 8. The van der Waals surface area contributed by atoms with Crippen LogP contribution in [0.3, 0.4) is 0 Å². The van der Waals surface area contributed by atoms with E-state index in [4.69, 9.17) is 5.73 Å². The highest BCUT2D eigenvalue weighted by Crippen LogP contribution is 2.03. The zero-order chi connectivity index (χ0) is 13.2. The monoisotopic (exact) mass is 249 g/mol. The number of unbranched alkanes of at least 4 members (excludes halogenated alkanes) is 1. The van der Waals surface area contributed by atoms with Crippen LogP contribution >= 0.6 is 0 Å². The van der Waals surface area contributed by atoms with Gasteiger partial charge in [-0.25, -0.2) is 0 Å². The first-order chi connectivity index (χ1) is 8.68. The molecule has 98 valence electrons. The first-order valence-electron chi connectivity index (χ1n) is 6.02. The molecule has 0 aliphatic rings. The van der Waals surface area contributed by atoms with Gasteiger partial charge in [-0.2, -0.15) is 0 Å². The molecule has 0 aromatic heterocycles. The highest BCUT2D eigenvalue weighted by Gasteiger charge is 2.00. The molecule has 0 radical (unpaired) electrons. The molecular weight excluding hydrogens is 230 g/mol. The lowest BCUT2D eigenvalue weighted by atomic mass is 10.2. The number of nitrogens with one attached hydrogen (secondary N) is 2. The highest BCUT2D eigenvalue weighted by atomic mass is 16.2. The van der Waals surface area contributed by atoms with Crippen molar-refractivity contribution in [3.05, 3.63) is 30.3 Å². The van der Waals surface area contributed by atoms with E-state index in [9.17, 15) is 9.59 Å². The Kier molecular flexibility index (Phi) is 6.32. The third kappa shape index (κ3) is 6.52. The summed E-state index contributed by atoms with van der Waals surface area (Å²) in [6.07, 6.45) is 1.85. The lowest BCUT2D eigenvalue weighted by molar-refractivity contribution is -0.119. The summed E-state index contributed by atoms with van der Waals surface area (Å²) in [7, 11) is 0. The van der Waals surface area contributed by atoms with Gasteiger partial charge in [0.15, 0.2) is 0 Å². The lowest BCUT2D eigenvalue weighted by Crippen LogP contribution is -2.30. The molecule has 0 bridgehead atoms. The van der Waals surface area contributed by atoms with Gasteiger partial charge < -0.3 is 16.4 Å². The third-order valence-electron chi connectivity index (χ3n) is 2.40. The van der Waals surface area contributed by atoms with E-state index in [1.54, 1.807) is 0 Å². The molecule has 5 nitrogen and oxygen atoms in total. The second-order valence-corrected chi connectivity index (χ2v) is 3.99. The number of para-hydroxylation sites is 1. The van der Waals surface area contributed by atoms with E-state index in [-0.39, 0.29) is 18.4 Å². The van der Waals surface area contributed by atoms with Crippen molar-refractivity contribution in [3.8, 4) is 0 Å². The van der Waals surface area contributed by atoms with Gasteiger partial charge in [-0.1, -0.05) is 18.2 Å². The minimum Gasteiger partial charge on any atom is -0.376 e. The maximum atomic E-state index is 11.4. The molecule has 2 amide bonds. The van der Waals surface area contributed by atoms with E-state index in [1.165, 1.54) is 0 Å². The van der Waals surface area contributed by atoms with Crippen LogP contribution in [0, 0.1) is 0 Å². The van der Waals surface area contributed by atoms with E-state index in [2.05, 4.69) is 10.6 Å². The van der Waals surface area contributed by atoms with Gasteiger partial charge in [-0.15, -0.1) is 0 Å². The Hall–Kier alpha value is -2.04. The van der Waals surface area contributed by atoms with Crippen molar-refractivity contribution in [2.24, 2.45) is 5.73 Å². The molecule has 0 saturated carbocycles. The van der Waals surface area contributed by atoms with Crippen molar-refractivity contribution < 1.29 is 9.59 Å². The van der Waals surface area contributed by atoms with E-state index >= 15 is 0 Å². The van der Waals surface area contributed by atoms with E-state index in [0.717, 1.165) is 12.1 Å². The van der Waals surface area contributed by atoms with Crippen molar-refractivity contribution in [1.29, 1.82) is 0 Å². The number of amides is 2. The van der Waals surface area contributed by atoms with Crippen LogP contribution < -0.4 is 16.4 Å². The van der Waals surface area contributed by atoms with Crippen LogP contribution in [0.25, 0.3) is 0 Å². The number of nitrogens with two attached hydrogens (primary N) is 1. The van der Waals surface area contributed by atoms with Crippen molar-refractivity contribution in [2.45, 2.75) is 19.3 Å². The van der Waals surface area contributed by atoms with Crippen LogP contribution in [-0.2, 0) is 9.59 Å². The number of benzene rings is 1. The summed E-state index contributed by atoms with van der Waals surface area (Å²) in [4.78, 5) is 21.9. The average molecular weight is 249 g/mol. The Bertz CT molecular complexity index is 379. The molecule has 0 aliphatic carbocycles. The van der Waals surface area contributed by atoms with Gasteiger partial charge in [0.25, 0.3) is 0 Å². The second-order valence-electron chi connectivity index (χ2n) is 3.99. The Morgan fingerprint density at radius 3 is 2.50 bits per heavy atom. The first-order valence-corrected chi connectivity index (χ1v) is 6.02. The first kappa shape index (κ1) is 14.0. The van der Waals surface area contributed by atoms with E-state index in [1.807, 2.05) is 30.3 Å². The molecular formula is C13H19N3O2. The summed E-state index contributed by atoms with van der Waals surface area (Å²) in [6, 6.07) is 9.54. The summed E-state index contributed by atoms with van der Waals surface area (Å²) in [5, 5.41) is 5.79. The molecule has 5 heteroatoms. The maximum Gasteiger partial charge on any atom is 0.239 e. The fourth-order valence-electron chi connectivity index (χ4n) is 1.45. The summed E-state index contributed by atoms with van der Waals surface area (Å²) in [6.45, 7) is 0.822. The zero-order valence-electron chi connectivity index (χ0n) is 10.3. The zero-order valence-corrected chi connectivity index (χ0v) is 10.3. The minimum absolute atomic E-state index is 0.0575. The van der Waals surface area contributed by atoms with Crippen molar-refractivity contribution in [2.75, 3.05) is 18.4 Å².